The molecule has 0 aromatic heterocycles. The SMILES string of the molecule is CC/C=C\C/C=C\C/C=C\C/C=C\C/C=C\C/C=C\CCCCCCCCCCCCCCCCCCCCCCC(=O)OC(COC(=O)CCCCCCC/C=C\CCCCCCCC)COC(OCC[N+](C)(C)C)C(=O)O. The van der Waals surface area contributed by atoms with E-state index in [-0.39, 0.29) is 32.2 Å². The molecule has 79 heavy (non-hydrogen) atoms. The van der Waals surface area contributed by atoms with Gasteiger partial charge in [0.05, 0.1) is 34.4 Å². The Bertz CT molecular complexity index is 1570. The molecule has 0 bridgehead atoms. The van der Waals surface area contributed by atoms with Crippen LogP contribution < -0.4 is 0 Å². The highest BCUT2D eigenvalue weighted by molar-refractivity contribution is 5.71. The standard InChI is InChI=1S/C70H123NO8/c1-6-8-10-12-14-16-18-20-22-23-24-25-26-27-28-29-30-31-32-33-34-35-36-37-38-39-40-41-42-43-44-45-47-49-51-53-55-57-59-61-68(73)79-66(65-78-70(69(74)75)76-63-62-71(3,4)5)64-77-67(72)60-58-56-54-52-50-48-46-21-19-17-15-13-11-9-7-2/h8,10,14,16,20-22,24-25,27-28,30-31,46,66,70H,6-7,9,11-13,15,17-19,23,26,29,32-45,47-65H2,1-5H3/p+1/b10-8-,16-14-,22-20-,25-24-,28-27-,31-30-,46-21-. The second-order valence-corrected chi connectivity index (χ2v) is 23.0. The van der Waals surface area contributed by atoms with Crippen LogP contribution in [0.25, 0.3) is 0 Å². The maximum atomic E-state index is 12.9. The van der Waals surface area contributed by atoms with Crippen molar-refractivity contribution in [3.05, 3.63) is 85.1 Å². The number of esters is 2. The fourth-order valence-corrected chi connectivity index (χ4v) is 9.13. The lowest BCUT2D eigenvalue weighted by atomic mass is 10.0. The molecule has 0 spiro atoms. The normalized spacial score (nSPS) is 13.3. The molecule has 0 aromatic rings. The molecular formula is C70H124NO8+. The average molecular weight is 1110 g/mol. The van der Waals surface area contributed by atoms with Crippen LogP contribution in [0.1, 0.15) is 284 Å². The molecule has 0 saturated carbocycles. The molecule has 0 aliphatic rings. The third-order valence-corrected chi connectivity index (χ3v) is 14.1. The fourth-order valence-electron chi connectivity index (χ4n) is 9.13. The van der Waals surface area contributed by atoms with E-state index in [4.69, 9.17) is 18.9 Å². The first kappa shape index (κ1) is 75.5. The molecule has 456 valence electrons. The van der Waals surface area contributed by atoms with Crippen molar-refractivity contribution in [3.8, 4) is 0 Å². The van der Waals surface area contributed by atoms with Gasteiger partial charge in [0, 0.05) is 12.8 Å². The van der Waals surface area contributed by atoms with Gasteiger partial charge in [-0.1, -0.05) is 266 Å². The number of allylic oxidation sites excluding steroid dienone is 14. The Labute approximate surface area is 487 Å². The summed E-state index contributed by atoms with van der Waals surface area (Å²) in [5.74, 6) is -2.01. The Morgan fingerprint density at radius 3 is 1.09 bits per heavy atom. The lowest BCUT2D eigenvalue weighted by molar-refractivity contribution is -0.870. The van der Waals surface area contributed by atoms with Crippen molar-refractivity contribution in [2.24, 2.45) is 0 Å². The molecule has 0 aliphatic carbocycles. The zero-order chi connectivity index (χ0) is 57.6. The Kier molecular flexibility index (Phi) is 57.9. The number of rotatable bonds is 60. The van der Waals surface area contributed by atoms with Gasteiger partial charge < -0.3 is 28.5 Å². The van der Waals surface area contributed by atoms with Crippen molar-refractivity contribution in [2.75, 3.05) is 47.5 Å². The number of ether oxygens (including phenoxy) is 4. The lowest BCUT2D eigenvalue weighted by Crippen LogP contribution is -2.40. The van der Waals surface area contributed by atoms with Crippen LogP contribution in [0.4, 0.5) is 0 Å². The zero-order valence-corrected chi connectivity index (χ0v) is 52.0. The summed E-state index contributed by atoms with van der Waals surface area (Å²) in [5.41, 5.74) is 0. The highest BCUT2D eigenvalue weighted by Crippen LogP contribution is 2.17. The largest absolute Gasteiger partial charge is 0.477 e. The maximum absolute atomic E-state index is 12.9. The van der Waals surface area contributed by atoms with Crippen molar-refractivity contribution in [2.45, 2.75) is 296 Å². The number of hydrogen-bond acceptors (Lipinski definition) is 7. The number of quaternary nitrogens is 1. The third-order valence-electron chi connectivity index (χ3n) is 14.1. The van der Waals surface area contributed by atoms with Gasteiger partial charge in [-0.25, -0.2) is 4.79 Å². The van der Waals surface area contributed by atoms with Gasteiger partial charge in [-0.15, -0.1) is 0 Å². The van der Waals surface area contributed by atoms with E-state index >= 15 is 0 Å². The van der Waals surface area contributed by atoms with Crippen LogP contribution >= 0.6 is 0 Å². The molecule has 0 aliphatic heterocycles. The summed E-state index contributed by atoms with van der Waals surface area (Å²) in [4.78, 5) is 37.4. The summed E-state index contributed by atoms with van der Waals surface area (Å²) in [6, 6.07) is 0. The molecule has 0 fully saturated rings. The van der Waals surface area contributed by atoms with Gasteiger partial charge in [-0.2, -0.15) is 0 Å². The monoisotopic (exact) mass is 1110 g/mol. The van der Waals surface area contributed by atoms with E-state index in [9.17, 15) is 19.5 Å². The minimum Gasteiger partial charge on any atom is -0.477 e. The third kappa shape index (κ3) is 61.9. The highest BCUT2D eigenvalue weighted by Gasteiger charge is 2.25. The van der Waals surface area contributed by atoms with E-state index in [1.165, 1.54) is 161 Å². The Balaban J connectivity index is 4.01. The van der Waals surface area contributed by atoms with Crippen LogP contribution in [0.3, 0.4) is 0 Å². The highest BCUT2D eigenvalue weighted by atomic mass is 16.7. The first-order valence-electron chi connectivity index (χ1n) is 32.8. The molecule has 0 heterocycles. The predicted octanol–water partition coefficient (Wildman–Crippen LogP) is 19.9. The van der Waals surface area contributed by atoms with E-state index in [2.05, 4.69) is 98.9 Å². The van der Waals surface area contributed by atoms with E-state index in [0.717, 1.165) is 96.3 Å². The molecule has 0 amide bonds. The zero-order valence-electron chi connectivity index (χ0n) is 52.0. The van der Waals surface area contributed by atoms with Gasteiger partial charge in [0.2, 0.25) is 0 Å². The minimum absolute atomic E-state index is 0.185. The summed E-state index contributed by atoms with van der Waals surface area (Å²) >= 11 is 0. The van der Waals surface area contributed by atoms with E-state index in [1.807, 2.05) is 21.1 Å². The number of carboxylic acids is 1. The van der Waals surface area contributed by atoms with Gasteiger partial charge in [0.15, 0.2) is 6.10 Å². The Morgan fingerprint density at radius 2 is 0.722 bits per heavy atom. The molecule has 2 unspecified atom stereocenters. The van der Waals surface area contributed by atoms with Gasteiger partial charge in [0.25, 0.3) is 6.29 Å². The summed E-state index contributed by atoms with van der Waals surface area (Å²) < 4.78 is 22.9. The first-order valence-corrected chi connectivity index (χ1v) is 32.8. The lowest BCUT2D eigenvalue weighted by Gasteiger charge is -2.25. The Hall–Kier alpha value is -3.53. The molecule has 1 N–H and O–H groups in total. The Morgan fingerprint density at radius 1 is 0.392 bits per heavy atom. The summed E-state index contributed by atoms with van der Waals surface area (Å²) in [6.07, 6.45) is 78.4. The summed E-state index contributed by atoms with van der Waals surface area (Å²) in [6.45, 7) is 4.77. The van der Waals surface area contributed by atoms with Crippen LogP contribution in [-0.4, -0.2) is 87.4 Å². The van der Waals surface area contributed by atoms with Crippen LogP contribution in [-0.2, 0) is 33.3 Å². The molecule has 0 radical (unpaired) electrons. The van der Waals surface area contributed by atoms with Gasteiger partial charge in [-0.05, 0) is 89.9 Å². The summed E-state index contributed by atoms with van der Waals surface area (Å²) in [5, 5.41) is 9.71. The van der Waals surface area contributed by atoms with Crippen molar-refractivity contribution >= 4 is 17.9 Å². The average Bonchev–Trinajstić information content (AvgIpc) is 3.42. The minimum atomic E-state index is -1.51. The molecule has 0 saturated heterocycles. The van der Waals surface area contributed by atoms with Crippen LogP contribution in [0.2, 0.25) is 0 Å². The van der Waals surface area contributed by atoms with Crippen molar-refractivity contribution < 1.29 is 42.9 Å². The first-order chi connectivity index (χ1) is 38.6. The van der Waals surface area contributed by atoms with E-state index < -0.39 is 24.3 Å². The molecule has 9 heteroatoms. The number of carbonyl (C=O) groups is 3. The quantitative estimate of drug-likeness (QED) is 0.0211. The van der Waals surface area contributed by atoms with E-state index in [1.54, 1.807) is 0 Å². The molecule has 9 nitrogen and oxygen atoms in total. The number of hydrogen-bond donors (Lipinski definition) is 1. The number of carboxylic acid groups (broad SMARTS) is 1. The summed E-state index contributed by atoms with van der Waals surface area (Å²) in [7, 11) is 5.97. The van der Waals surface area contributed by atoms with Crippen LogP contribution in [0.15, 0.2) is 85.1 Å². The van der Waals surface area contributed by atoms with Crippen molar-refractivity contribution in [3.63, 3.8) is 0 Å². The van der Waals surface area contributed by atoms with Gasteiger partial charge >= 0.3 is 17.9 Å². The van der Waals surface area contributed by atoms with E-state index in [0.29, 0.717) is 17.4 Å². The van der Waals surface area contributed by atoms with Crippen molar-refractivity contribution in [1.82, 2.24) is 0 Å². The van der Waals surface area contributed by atoms with Crippen LogP contribution in [0, 0.1) is 0 Å². The topological polar surface area (TPSA) is 108 Å². The predicted molar refractivity (Wildman–Crippen MR) is 336 cm³/mol. The smallest absolute Gasteiger partial charge is 0.361 e. The van der Waals surface area contributed by atoms with Gasteiger partial charge in [-0.3, -0.25) is 9.59 Å². The van der Waals surface area contributed by atoms with Crippen LogP contribution in [0.5, 0.6) is 0 Å². The van der Waals surface area contributed by atoms with Crippen molar-refractivity contribution in [1.29, 1.82) is 0 Å². The number of nitrogens with zero attached hydrogens (tertiary/aromatic N) is 1. The molecule has 0 aromatic carbocycles. The number of carbonyl (C=O) groups excluding carboxylic acids is 2. The second kappa shape index (κ2) is 60.6. The number of likely N-dealkylation sites (N-methyl/N-ethyl adjacent to an activating group) is 1. The maximum Gasteiger partial charge on any atom is 0.361 e. The van der Waals surface area contributed by atoms with Gasteiger partial charge in [0.1, 0.15) is 13.2 Å². The molecular weight excluding hydrogens is 983 g/mol. The fraction of sp³-hybridized carbons (Fsp3) is 0.757. The number of unbranched alkanes of at least 4 members (excludes halogenated alkanes) is 31. The molecule has 0 rings (SSSR count). The number of aliphatic carboxylic acids is 1. The molecule has 2 atom stereocenters. The second-order valence-electron chi connectivity index (χ2n) is 23.0.